The molecule has 0 saturated carbocycles. The van der Waals surface area contributed by atoms with Gasteiger partial charge in [-0.05, 0) is 23.8 Å². The number of rotatable bonds is 4. The van der Waals surface area contributed by atoms with Gasteiger partial charge in [0, 0.05) is 32.6 Å². The van der Waals surface area contributed by atoms with Gasteiger partial charge in [-0.25, -0.2) is 0 Å². The fraction of sp³-hybridized carbons (Fsp3) is 0.467. The second-order valence-electron chi connectivity index (χ2n) is 4.93. The van der Waals surface area contributed by atoms with E-state index >= 15 is 0 Å². The van der Waals surface area contributed by atoms with Crippen LogP contribution in [-0.4, -0.2) is 66.5 Å². The van der Waals surface area contributed by atoms with E-state index in [9.17, 15) is 9.90 Å². The van der Waals surface area contributed by atoms with Gasteiger partial charge >= 0.3 is 0 Å². The minimum Gasteiger partial charge on any atom is -0.388 e. The first-order valence-electron chi connectivity index (χ1n) is 6.77. The minimum absolute atomic E-state index is 0.198. The van der Waals surface area contributed by atoms with Crippen molar-refractivity contribution in [2.45, 2.75) is 18.2 Å². The first-order chi connectivity index (χ1) is 10.1. The highest BCUT2D eigenvalue weighted by molar-refractivity contribution is 5.91. The highest BCUT2D eigenvalue weighted by atomic mass is 16.5. The van der Waals surface area contributed by atoms with Crippen molar-refractivity contribution in [1.29, 1.82) is 0 Å². The summed E-state index contributed by atoms with van der Waals surface area (Å²) in [6.45, 7) is 0.634. The van der Waals surface area contributed by atoms with E-state index in [1.165, 1.54) is 18.1 Å². The number of methoxy groups -OCH3 is 1. The summed E-state index contributed by atoms with van der Waals surface area (Å²) >= 11 is 0. The molecule has 1 aliphatic heterocycles. The number of aliphatic hydroxyl groups excluding tert-OH is 1. The van der Waals surface area contributed by atoms with Crippen molar-refractivity contribution in [3.8, 4) is 0 Å². The molecule has 6 nitrogen and oxygen atoms in total. The molecular weight excluding hydrogens is 272 g/mol. The second kappa shape index (κ2) is 7.31. The molecule has 2 heterocycles. The lowest BCUT2D eigenvalue weighted by Crippen LogP contribution is -2.56. The van der Waals surface area contributed by atoms with E-state index in [1.807, 2.05) is 12.1 Å². The molecule has 2 rings (SSSR count). The van der Waals surface area contributed by atoms with Crippen LogP contribution in [0.2, 0.25) is 0 Å². The molecule has 1 aromatic heterocycles. The zero-order valence-electron chi connectivity index (χ0n) is 12.2. The standard InChI is InChI=1S/C15H20N2O4/c1-17(12-9-21-10-13(20-2)15(12)19)14(18)4-3-11-5-7-16-8-6-11/h3-8,12-13,15,19H,9-10H2,1-2H3/t12-,13-,15+/m1/s1. The van der Waals surface area contributed by atoms with Crippen LogP contribution in [0.25, 0.3) is 6.08 Å². The summed E-state index contributed by atoms with van der Waals surface area (Å²) in [6.07, 6.45) is 5.34. The van der Waals surface area contributed by atoms with Crippen LogP contribution < -0.4 is 0 Å². The molecule has 21 heavy (non-hydrogen) atoms. The number of nitrogens with zero attached hydrogens (tertiary/aromatic N) is 2. The average molecular weight is 292 g/mol. The Balaban J connectivity index is 2.00. The fourth-order valence-electron chi connectivity index (χ4n) is 2.22. The lowest BCUT2D eigenvalue weighted by atomic mass is 10.0. The van der Waals surface area contributed by atoms with Crippen molar-refractivity contribution < 1.29 is 19.4 Å². The Hall–Kier alpha value is -1.76. The third kappa shape index (κ3) is 3.87. The highest BCUT2D eigenvalue weighted by Crippen LogP contribution is 2.16. The van der Waals surface area contributed by atoms with Gasteiger partial charge < -0.3 is 19.5 Å². The van der Waals surface area contributed by atoms with Gasteiger partial charge in [-0.15, -0.1) is 0 Å². The summed E-state index contributed by atoms with van der Waals surface area (Å²) in [5.41, 5.74) is 0.891. The molecule has 1 aromatic rings. The maximum absolute atomic E-state index is 12.2. The first kappa shape index (κ1) is 15.6. The van der Waals surface area contributed by atoms with Crippen molar-refractivity contribution in [1.82, 2.24) is 9.88 Å². The number of hydrogen-bond donors (Lipinski definition) is 1. The summed E-state index contributed by atoms with van der Waals surface area (Å²) in [5.74, 6) is -0.198. The van der Waals surface area contributed by atoms with Crippen molar-refractivity contribution in [2.24, 2.45) is 0 Å². The molecule has 0 radical (unpaired) electrons. The third-order valence-corrected chi connectivity index (χ3v) is 3.62. The van der Waals surface area contributed by atoms with Crippen LogP contribution in [0.5, 0.6) is 0 Å². The van der Waals surface area contributed by atoms with Crippen molar-refractivity contribution >= 4 is 12.0 Å². The highest BCUT2D eigenvalue weighted by Gasteiger charge is 2.36. The molecule has 1 aliphatic rings. The maximum Gasteiger partial charge on any atom is 0.246 e. The molecule has 0 bridgehead atoms. The number of aliphatic hydroxyl groups is 1. The van der Waals surface area contributed by atoms with Crippen LogP contribution in [0.1, 0.15) is 5.56 Å². The monoisotopic (exact) mass is 292 g/mol. The van der Waals surface area contributed by atoms with Gasteiger partial charge in [-0.3, -0.25) is 9.78 Å². The van der Waals surface area contributed by atoms with E-state index in [4.69, 9.17) is 9.47 Å². The summed E-state index contributed by atoms with van der Waals surface area (Å²) in [4.78, 5) is 17.6. The van der Waals surface area contributed by atoms with E-state index in [2.05, 4.69) is 4.98 Å². The van der Waals surface area contributed by atoms with E-state index in [1.54, 1.807) is 25.5 Å². The average Bonchev–Trinajstić information content (AvgIpc) is 2.53. The van der Waals surface area contributed by atoms with Gasteiger partial charge in [0.05, 0.1) is 19.3 Å². The van der Waals surface area contributed by atoms with Gasteiger partial charge in [-0.1, -0.05) is 0 Å². The number of likely N-dealkylation sites (N-methyl/N-ethyl adjacent to an activating group) is 1. The number of carbonyl (C=O) groups excluding carboxylic acids is 1. The van der Waals surface area contributed by atoms with Crippen LogP contribution in [0.3, 0.4) is 0 Å². The van der Waals surface area contributed by atoms with Crippen LogP contribution in [0.15, 0.2) is 30.6 Å². The van der Waals surface area contributed by atoms with Gasteiger partial charge in [0.2, 0.25) is 5.91 Å². The van der Waals surface area contributed by atoms with E-state index in [0.717, 1.165) is 5.56 Å². The van der Waals surface area contributed by atoms with E-state index in [0.29, 0.717) is 13.2 Å². The van der Waals surface area contributed by atoms with Crippen molar-refractivity contribution in [3.63, 3.8) is 0 Å². The molecule has 1 N–H and O–H groups in total. The predicted octanol–water partition coefficient (Wildman–Crippen LogP) is 0.328. The molecule has 1 fully saturated rings. The molecular formula is C15H20N2O4. The topological polar surface area (TPSA) is 71.9 Å². The summed E-state index contributed by atoms with van der Waals surface area (Å²) in [5, 5.41) is 10.2. The molecule has 0 unspecified atom stereocenters. The van der Waals surface area contributed by atoms with Crippen LogP contribution in [0.4, 0.5) is 0 Å². The van der Waals surface area contributed by atoms with Gasteiger partial charge in [0.25, 0.3) is 0 Å². The Kier molecular flexibility index (Phi) is 5.44. The molecule has 6 heteroatoms. The Morgan fingerprint density at radius 2 is 2.19 bits per heavy atom. The second-order valence-corrected chi connectivity index (χ2v) is 4.93. The van der Waals surface area contributed by atoms with Gasteiger partial charge in [0.1, 0.15) is 12.2 Å². The van der Waals surface area contributed by atoms with Crippen LogP contribution in [-0.2, 0) is 14.3 Å². The normalized spacial score (nSPS) is 26.0. The largest absolute Gasteiger partial charge is 0.388 e. The van der Waals surface area contributed by atoms with Gasteiger partial charge in [0.15, 0.2) is 0 Å². The number of carbonyl (C=O) groups is 1. The van der Waals surface area contributed by atoms with Gasteiger partial charge in [-0.2, -0.15) is 0 Å². The van der Waals surface area contributed by atoms with Crippen LogP contribution >= 0.6 is 0 Å². The Bertz CT molecular complexity index is 492. The summed E-state index contributed by atoms with van der Waals surface area (Å²) < 4.78 is 10.5. The predicted molar refractivity (Wildman–Crippen MR) is 77.5 cm³/mol. The minimum atomic E-state index is -0.757. The van der Waals surface area contributed by atoms with Crippen LogP contribution in [0, 0.1) is 0 Å². The number of amides is 1. The zero-order chi connectivity index (χ0) is 15.2. The Morgan fingerprint density at radius 1 is 1.48 bits per heavy atom. The summed E-state index contributed by atoms with van der Waals surface area (Å²) in [7, 11) is 3.17. The van der Waals surface area contributed by atoms with E-state index < -0.39 is 18.2 Å². The van der Waals surface area contributed by atoms with Crippen molar-refractivity contribution in [3.05, 3.63) is 36.2 Å². The molecule has 1 amide bonds. The lowest BCUT2D eigenvalue weighted by Gasteiger charge is -2.38. The molecule has 3 atom stereocenters. The SMILES string of the molecule is CO[C@@H]1COC[C@@H](N(C)C(=O)C=Cc2ccncc2)[C@@H]1O. The first-order valence-corrected chi connectivity index (χ1v) is 6.77. The number of ether oxygens (including phenoxy) is 2. The summed E-state index contributed by atoms with van der Waals surface area (Å²) in [6, 6.07) is 3.20. The number of aromatic nitrogens is 1. The smallest absolute Gasteiger partial charge is 0.246 e. The third-order valence-electron chi connectivity index (χ3n) is 3.62. The molecule has 114 valence electrons. The lowest BCUT2D eigenvalue weighted by molar-refractivity contribution is -0.154. The molecule has 1 saturated heterocycles. The van der Waals surface area contributed by atoms with E-state index in [-0.39, 0.29) is 5.91 Å². The quantitative estimate of drug-likeness (QED) is 0.810. The molecule has 0 spiro atoms. The Labute approximate surface area is 124 Å². The maximum atomic E-state index is 12.2. The number of pyridine rings is 1. The zero-order valence-corrected chi connectivity index (χ0v) is 12.2. The molecule has 0 aromatic carbocycles. The molecule has 0 aliphatic carbocycles. The fourth-order valence-corrected chi connectivity index (χ4v) is 2.22. The Morgan fingerprint density at radius 3 is 2.86 bits per heavy atom. The van der Waals surface area contributed by atoms with Crippen molar-refractivity contribution in [2.75, 3.05) is 27.4 Å². The number of hydrogen-bond acceptors (Lipinski definition) is 5.